The summed E-state index contributed by atoms with van der Waals surface area (Å²) in [6.45, 7) is 7.10. The summed E-state index contributed by atoms with van der Waals surface area (Å²) >= 11 is 0. The van der Waals surface area contributed by atoms with E-state index in [1.165, 1.54) is 5.56 Å². The molecule has 0 aliphatic heterocycles. The highest BCUT2D eigenvalue weighted by Gasteiger charge is 2.15. The molecule has 0 fully saturated rings. The lowest BCUT2D eigenvalue weighted by atomic mass is 9.89. The molecule has 1 aromatic carbocycles. The van der Waals surface area contributed by atoms with Crippen LogP contribution in [0.25, 0.3) is 0 Å². The van der Waals surface area contributed by atoms with Gasteiger partial charge in [0, 0.05) is 11.6 Å². The molecule has 3 heteroatoms. The Bertz CT molecular complexity index is 449. The lowest BCUT2D eigenvalue weighted by molar-refractivity contribution is 0.397. The zero-order valence-corrected chi connectivity index (χ0v) is 13.1. The third-order valence-electron chi connectivity index (χ3n) is 3.59. The fourth-order valence-electron chi connectivity index (χ4n) is 2.20. The van der Waals surface area contributed by atoms with Crippen molar-refractivity contribution in [2.45, 2.75) is 46.1 Å². The molecule has 20 heavy (non-hydrogen) atoms. The maximum absolute atomic E-state index is 8.97. The Morgan fingerprint density at radius 3 is 2.65 bits per heavy atom. The molecule has 0 amide bonds. The SMILES string of the molecule is COc1ccccc1[C@@H](C)NCCCCC(C)(C)C#N. The van der Waals surface area contributed by atoms with Crippen LogP contribution < -0.4 is 10.1 Å². The van der Waals surface area contributed by atoms with Gasteiger partial charge in [0.1, 0.15) is 5.75 Å². The highest BCUT2D eigenvalue weighted by atomic mass is 16.5. The van der Waals surface area contributed by atoms with Gasteiger partial charge in [-0.25, -0.2) is 0 Å². The average Bonchev–Trinajstić information content (AvgIpc) is 2.46. The van der Waals surface area contributed by atoms with Gasteiger partial charge in [-0.05, 0) is 46.2 Å². The summed E-state index contributed by atoms with van der Waals surface area (Å²) in [5.41, 5.74) is 0.987. The molecule has 110 valence electrons. The molecule has 1 atom stereocenters. The van der Waals surface area contributed by atoms with Gasteiger partial charge in [-0.1, -0.05) is 24.6 Å². The van der Waals surface area contributed by atoms with Crippen molar-refractivity contribution < 1.29 is 4.74 Å². The molecule has 0 radical (unpaired) electrons. The quantitative estimate of drug-likeness (QED) is 0.727. The maximum Gasteiger partial charge on any atom is 0.123 e. The molecule has 3 nitrogen and oxygen atoms in total. The summed E-state index contributed by atoms with van der Waals surface area (Å²) in [5, 5.41) is 12.5. The highest BCUT2D eigenvalue weighted by molar-refractivity contribution is 5.35. The van der Waals surface area contributed by atoms with Crippen LogP contribution >= 0.6 is 0 Å². The molecule has 1 N–H and O–H groups in total. The largest absolute Gasteiger partial charge is 0.496 e. The molecule has 0 heterocycles. The van der Waals surface area contributed by atoms with Crippen molar-refractivity contribution >= 4 is 0 Å². The molecular weight excluding hydrogens is 248 g/mol. The summed E-state index contributed by atoms with van der Waals surface area (Å²) < 4.78 is 5.38. The first-order valence-electron chi connectivity index (χ1n) is 7.28. The summed E-state index contributed by atoms with van der Waals surface area (Å²) in [5.74, 6) is 0.929. The van der Waals surface area contributed by atoms with E-state index < -0.39 is 0 Å². The molecule has 0 aliphatic rings. The topological polar surface area (TPSA) is 45.0 Å². The number of nitriles is 1. The predicted molar refractivity (Wildman–Crippen MR) is 82.7 cm³/mol. The Kier molecular flexibility index (Phi) is 6.54. The van der Waals surface area contributed by atoms with Gasteiger partial charge in [-0.3, -0.25) is 0 Å². The van der Waals surface area contributed by atoms with E-state index in [1.807, 2.05) is 32.0 Å². The van der Waals surface area contributed by atoms with Crippen LogP contribution in [0.15, 0.2) is 24.3 Å². The molecule has 0 saturated carbocycles. The second-order valence-corrected chi connectivity index (χ2v) is 5.87. The zero-order valence-electron chi connectivity index (χ0n) is 13.1. The van der Waals surface area contributed by atoms with E-state index in [9.17, 15) is 0 Å². The van der Waals surface area contributed by atoms with Crippen molar-refractivity contribution in [3.8, 4) is 11.8 Å². The molecule has 1 rings (SSSR count). The van der Waals surface area contributed by atoms with Crippen molar-refractivity contribution in [2.75, 3.05) is 13.7 Å². The molecule has 1 aromatic rings. The maximum atomic E-state index is 8.97. The van der Waals surface area contributed by atoms with Crippen LogP contribution in [0.2, 0.25) is 0 Å². The van der Waals surface area contributed by atoms with Gasteiger partial charge in [-0.15, -0.1) is 0 Å². The smallest absolute Gasteiger partial charge is 0.123 e. The van der Waals surface area contributed by atoms with E-state index in [4.69, 9.17) is 10.00 Å². The number of methoxy groups -OCH3 is 1. The summed E-state index contributed by atoms with van der Waals surface area (Å²) in [6, 6.07) is 10.7. The van der Waals surface area contributed by atoms with Gasteiger partial charge in [0.15, 0.2) is 0 Å². The Hall–Kier alpha value is -1.53. The highest BCUT2D eigenvalue weighted by Crippen LogP contribution is 2.24. The molecule has 0 aromatic heterocycles. The minimum Gasteiger partial charge on any atom is -0.496 e. The first kappa shape index (κ1) is 16.5. The van der Waals surface area contributed by atoms with Crippen LogP contribution in [0.4, 0.5) is 0 Å². The minimum absolute atomic E-state index is 0.200. The third kappa shape index (κ3) is 5.22. The van der Waals surface area contributed by atoms with E-state index in [0.29, 0.717) is 0 Å². The van der Waals surface area contributed by atoms with Crippen LogP contribution in [0.5, 0.6) is 5.75 Å². The van der Waals surface area contributed by atoms with Crippen molar-refractivity contribution in [3.05, 3.63) is 29.8 Å². The van der Waals surface area contributed by atoms with E-state index in [-0.39, 0.29) is 11.5 Å². The number of nitrogens with one attached hydrogen (secondary N) is 1. The molecule has 0 aliphatic carbocycles. The van der Waals surface area contributed by atoms with Crippen LogP contribution in [0.3, 0.4) is 0 Å². The molecule has 0 bridgehead atoms. The Morgan fingerprint density at radius 1 is 1.30 bits per heavy atom. The third-order valence-corrected chi connectivity index (χ3v) is 3.59. The van der Waals surface area contributed by atoms with Crippen molar-refractivity contribution in [3.63, 3.8) is 0 Å². The van der Waals surface area contributed by atoms with Crippen molar-refractivity contribution in [2.24, 2.45) is 5.41 Å². The van der Waals surface area contributed by atoms with Crippen LogP contribution in [-0.4, -0.2) is 13.7 Å². The van der Waals surface area contributed by atoms with Crippen LogP contribution in [-0.2, 0) is 0 Å². The Labute approximate surface area is 123 Å². The van der Waals surface area contributed by atoms with E-state index in [1.54, 1.807) is 7.11 Å². The first-order valence-corrected chi connectivity index (χ1v) is 7.28. The van der Waals surface area contributed by atoms with Crippen molar-refractivity contribution in [1.82, 2.24) is 5.32 Å². The summed E-state index contributed by atoms with van der Waals surface area (Å²) in [6.07, 6.45) is 3.12. The normalized spacial score (nSPS) is 12.8. The molecule has 0 spiro atoms. The number of rotatable bonds is 8. The number of unbranched alkanes of at least 4 members (excludes halogenated alkanes) is 1. The molecular formula is C17H26N2O. The summed E-state index contributed by atoms with van der Waals surface area (Å²) in [4.78, 5) is 0. The Morgan fingerprint density at radius 2 is 2.00 bits per heavy atom. The average molecular weight is 274 g/mol. The summed E-state index contributed by atoms with van der Waals surface area (Å²) in [7, 11) is 1.70. The Balaban J connectivity index is 2.34. The number of ether oxygens (including phenoxy) is 1. The van der Waals surface area contributed by atoms with Crippen LogP contribution in [0, 0.1) is 16.7 Å². The molecule has 0 saturated heterocycles. The van der Waals surface area contributed by atoms with Crippen molar-refractivity contribution in [1.29, 1.82) is 5.26 Å². The molecule has 0 unspecified atom stereocenters. The lowest BCUT2D eigenvalue weighted by Crippen LogP contribution is -2.20. The lowest BCUT2D eigenvalue weighted by Gasteiger charge is -2.18. The van der Waals surface area contributed by atoms with Gasteiger partial charge in [0.2, 0.25) is 0 Å². The van der Waals surface area contributed by atoms with E-state index >= 15 is 0 Å². The number of benzene rings is 1. The predicted octanol–water partition coefficient (Wildman–Crippen LogP) is 4.07. The minimum atomic E-state index is -0.200. The van der Waals surface area contributed by atoms with E-state index in [0.717, 1.165) is 31.6 Å². The zero-order chi connectivity index (χ0) is 15.0. The fourth-order valence-corrected chi connectivity index (χ4v) is 2.20. The van der Waals surface area contributed by atoms with Gasteiger partial charge >= 0.3 is 0 Å². The van der Waals surface area contributed by atoms with Gasteiger partial charge in [0.25, 0.3) is 0 Å². The second kappa shape index (κ2) is 7.91. The van der Waals surface area contributed by atoms with E-state index in [2.05, 4.69) is 24.4 Å². The van der Waals surface area contributed by atoms with Gasteiger partial charge < -0.3 is 10.1 Å². The fraction of sp³-hybridized carbons (Fsp3) is 0.588. The monoisotopic (exact) mass is 274 g/mol. The van der Waals surface area contributed by atoms with Gasteiger partial charge in [0.05, 0.1) is 18.6 Å². The number of hydrogen-bond donors (Lipinski definition) is 1. The second-order valence-electron chi connectivity index (χ2n) is 5.87. The number of para-hydroxylation sites is 1. The van der Waals surface area contributed by atoms with Gasteiger partial charge in [-0.2, -0.15) is 5.26 Å². The number of hydrogen-bond acceptors (Lipinski definition) is 3. The first-order chi connectivity index (χ1) is 9.50. The standard InChI is InChI=1S/C17H26N2O/c1-14(15-9-5-6-10-16(15)20-4)19-12-8-7-11-17(2,3)13-18/h5-6,9-10,14,19H,7-8,11-12H2,1-4H3/t14-/m1/s1. The number of nitrogens with zero attached hydrogens (tertiary/aromatic N) is 1. The van der Waals surface area contributed by atoms with Crippen LogP contribution in [0.1, 0.15) is 51.6 Å².